The summed E-state index contributed by atoms with van der Waals surface area (Å²) in [7, 11) is -2.25. The van der Waals surface area contributed by atoms with Crippen molar-refractivity contribution >= 4 is 28.6 Å². The molecule has 2 aromatic carbocycles. The van der Waals surface area contributed by atoms with Crippen LogP contribution in [-0.2, 0) is 10.1 Å². The normalized spacial score (nSPS) is 11.5. The molecule has 5 nitrogen and oxygen atoms in total. The van der Waals surface area contributed by atoms with Gasteiger partial charge in [0.25, 0.3) is 0 Å². The van der Waals surface area contributed by atoms with Gasteiger partial charge in [0, 0.05) is 16.4 Å². The van der Waals surface area contributed by atoms with E-state index in [1.807, 2.05) is 48.5 Å². The van der Waals surface area contributed by atoms with Gasteiger partial charge in [0.1, 0.15) is 11.5 Å². The van der Waals surface area contributed by atoms with Crippen LogP contribution in [0.25, 0.3) is 0 Å². The maximum absolute atomic E-state index is 11.1. The molecule has 0 spiro atoms. The minimum absolute atomic E-state index is 0.224. The van der Waals surface area contributed by atoms with E-state index in [4.69, 9.17) is 9.47 Å². The van der Waals surface area contributed by atoms with Crippen LogP contribution in [0.5, 0.6) is 11.5 Å². The Balaban J connectivity index is 2.51. The van der Waals surface area contributed by atoms with Crippen molar-refractivity contribution in [1.29, 1.82) is 0 Å². The third-order valence-electron chi connectivity index (χ3n) is 3.32. The summed E-state index contributed by atoms with van der Waals surface area (Å²) in [6, 6.07) is 14.9. The third-order valence-corrected chi connectivity index (χ3v) is 6.90. The first-order chi connectivity index (χ1) is 11.0. The first kappa shape index (κ1) is 17.7. The van der Waals surface area contributed by atoms with Crippen molar-refractivity contribution in [2.24, 2.45) is 0 Å². The second kappa shape index (κ2) is 7.77. The van der Waals surface area contributed by atoms with Crippen molar-refractivity contribution in [1.82, 2.24) is 0 Å². The maximum atomic E-state index is 11.1. The summed E-state index contributed by atoms with van der Waals surface area (Å²) in [6.07, 6.45) is 0.224. The molecular formula is C16H18O5PS-. The summed E-state index contributed by atoms with van der Waals surface area (Å²) in [5.41, 5.74) is 0. The summed E-state index contributed by atoms with van der Waals surface area (Å²) < 4.78 is 44.1. The van der Waals surface area contributed by atoms with Gasteiger partial charge < -0.3 is 14.0 Å². The molecule has 0 heterocycles. The summed E-state index contributed by atoms with van der Waals surface area (Å²) in [4.78, 5) is 0. The standard InChI is InChI=1S/C16H19O5PS/c1-20-13-7-3-5-9-15(13)22(11-12-23(17,18)19)16-10-6-4-8-14(16)21-2/h3-10H,11-12H2,1-2H3,(H,17,18,19)/p-1. The highest BCUT2D eigenvalue weighted by Gasteiger charge is 2.21. The molecule has 2 rings (SSSR count). The molecule has 0 radical (unpaired) electrons. The molecular weight excluding hydrogens is 335 g/mol. The van der Waals surface area contributed by atoms with Crippen LogP contribution < -0.4 is 20.1 Å². The van der Waals surface area contributed by atoms with Gasteiger partial charge in [-0.2, -0.15) is 0 Å². The molecule has 2 aromatic rings. The van der Waals surface area contributed by atoms with Gasteiger partial charge in [0.2, 0.25) is 0 Å². The second-order valence-corrected chi connectivity index (χ2v) is 8.55. The molecule has 124 valence electrons. The Morgan fingerprint density at radius 1 is 0.913 bits per heavy atom. The lowest BCUT2D eigenvalue weighted by Crippen LogP contribution is -2.21. The number of methoxy groups -OCH3 is 2. The number of hydrogen-bond donors (Lipinski definition) is 0. The number of benzene rings is 2. The van der Waals surface area contributed by atoms with Gasteiger partial charge in [-0.05, 0) is 26.2 Å². The van der Waals surface area contributed by atoms with E-state index in [-0.39, 0.29) is 6.16 Å². The molecule has 0 saturated carbocycles. The van der Waals surface area contributed by atoms with Crippen LogP contribution >= 0.6 is 7.92 Å². The average molecular weight is 353 g/mol. The fourth-order valence-corrected chi connectivity index (χ4v) is 6.04. The van der Waals surface area contributed by atoms with E-state index in [9.17, 15) is 13.0 Å². The molecule has 0 aliphatic heterocycles. The van der Waals surface area contributed by atoms with Crippen molar-refractivity contribution < 1.29 is 22.4 Å². The van der Waals surface area contributed by atoms with Gasteiger partial charge in [0.05, 0.1) is 24.3 Å². The molecule has 0 atom stereocenters. The van der Waals surface area contributed by atoms with Crippen LogP contribution in [0.3, 0.4) is 0 Å². The van der Waals surface area contributed by atoms with Crippen LogP contribution in [-0.4, -0.2) is 39.1 Å². The lowest BCUT2D eigenvalue weighted by molar-refractivity contribution is 0.417. The van der Waals surface area contributed by atoms with E-state index in [0.29, 0.717) is 11.5 Å². The Labute approximate surface area is 137 Å². The first-order valence-corrected chi connectivity index (χ1v) is 10.0. The SMILES string of the molecule is COc1ccccc1P(CCS(=O)(=O)[O-])c1ccccc1OC. The summed E-state index contributed by atoms with van der Waals surface area (Å²) in [6.45, 7) is 0. The highest BCUT2D eigenvalue weighted by Crippen LogP contribution is 2.40. The van der Waals surface area contributed by atoms with Crippen LogP contribution in [0.2, 0.25) is 0 Å². The molecule has 0 bridgehead atoms. The molecule has 0 aliphatic rings. The number of para-hydroxylation sites is 2. The number of ether oxygens (including phenoxy) is 2. The van der Waals surface area contributed by atoms with Crippen molar-refractivity contribution in [2.75, 3.05) is 26.1 Å². The minimum Gasteiger partial charge on any atom is -0.748 e. The van der Waals surface area contributed by atoms with E-state index in [0.717, 1.165) is 10.6 Å². The van der Waals surface area contributed by atoms with Crippen LogP contribution in [0, 0.1) is 0 Å². The quantitative estimate of drug-likeness (QED) is 0.559. The Morgan fingerprint density at radius 3 is 1.74 bits per heavy atom. The second-order valence-electron chi connectivity index (χ2n) is 4.76. The van der Waals surface area contributed by atoms with Gasteiger partial charge >= 0.3 is 0 Å². The van der Waals surface area contributed by atoms with E-state index >= 15 is 0 Å². The van der Waals surface area contributed by atoms with Crippen molar-refractivity contribution in [3.8, 4) is 11.5 Å². The highest BCUT2D eigenvalue weighted by molar-refractivity contribution is 7.86. The summed E-state index contributed by atoms with van der Waals surface area (Å²) in [5, 5.41) is 1.77. The first-order valence-electron chi connectivity index (χ1n) is 6.93. The average Bonchev–Trinajstić information content (AvgIpc) is 2.55. The topological polar surface area (TPSA) is 75.7 Å². The Kier molecular flexibility index (Phi) is 5.99. The Morgan fingerprint density at radius 2 is 1.35 bits per heavy atom. The predicted molar refractivity (Wildman–Crippen MR) is 91.6 cm³/mol. The lowest BCUT2D eigenvalue weighted by Gasteiger charge is -2.23. The van der Waals surface area contributed by atoms with E-state index in [2.05, 4.69) is 0 Å². The fraction of sp³-hybridized carbons (Fsp3) is 0.250. The van der Waals surface area contributed by atoms with Crippen molar-refractivity contribution in [3.63, 3.8) is 0 Å². The molecule has 23 heavy (non-hydrogen) atoms. The molecule has 7 heteroatoms. The van der Waals surface area contributed by atoms with Gasteiger partial charge in [-0.15, -0.1) is 0 Å². The molecule has 0 unspecified atom stereocenters. The van der Waals surface area contributed by atoms with Gasteiger partial charge in [-0.1, -0.05) is 36.4 Å². The van der Waals surface area contributed by atoms with Crippen molar-refractivity contribution in [2.45, 2.75) is 0 Å². The summed E-state index contributed by atoms with van der Waals surface area (Å²) >= 11 is 0. The highest BCUT2D eigenvalue weighted by atomic mass is 32.2. The Bertz CT molecular complexity index is 713. The molecule has 0 fully saturated rings. The van der Waals surface area contributed by atoms with E-state index < -0.39 is 23.8 Å². The van der Waals surface area contributed by atoms with Crippen LogP contribution in [0.4, 0.5) is 0 Å². The Hall–Kier alpha value is -1.62. The van der Waals surface area contributed by atoms with Gasteiger partial charge in [-0.3, -0.25) is 0 Å². The van der Waals surface area contributed by atoms with Gasteiger partial charge in [-0.25, -0.2) is 8.42 Å². The van der Waals surface area contributed by atoms with Crippen molar-refractivity contribution in [3.05, 3.63) is 48.5 Å². The fourth-order valence-electron chi connectivity index (χ4n) is 2.28. The maximum Gasteiger partial charge on any atom is 0.126 e. The zero-order chi connectivity index (χ0) is 16.9. The monoisotopic (exact) mass is 353 g/mol. The lowest BCUT2D eigenvalue weighted by atomic mass is 10.3. The molecule has 0 N–H and O–H groups in total. The van der Waals surface area contributed by atoms with Crippen LogP contribution in [0.15, 0.2) is 48.5 Å². The van der Waals surface area contributed by atoms with E-state index in [1.54, 1.807) is 14.2 Å². The van der Waals surface area contributed by atoms with E-state index in [1.165, 1.54) is 0 Å². The molecule has 0 amide bonds. The summed E-state index contributed by atoms with van der Waals surface area (Å²) in [5.74, 6) is 0.926. The largest absolute Gasteiger partial charge is 0.748 e. The minimum atomic E-state index is -4.29. The number of hydrogen-bond acceptors (Lipinski definition) is 5. The van der Waals surface area contributed by atoms with Gasteiger partial charge in [0.15, 0.2) is 0 Å². The molecule has 0 aromatic heterocycles. The predicted octanol–water partition coefficient (Wildman–Crippen LogP) is 1.68. The molecule has 0 saturated heterocycles. The molecule has 0 aliphatic carbocycles. The van der Waals surface area contributed by atoms with Crippen LogP contribution in [0.1, 0.15) is 0 Å². The number of rotatable bonds is 7. The zero-order valence-electron chi connectivity index (χ0n) is 12.9. The third kappa shape index (κ3) is 4.67. The smallest absolute Gasteiger partial charge is 0.126 e. The zero-order valence-corrected chi connectivity index (χ0v) is 14.6.